The van der Waals surface area contributed by atoms with Crippen molar-refractivity contribution in [1.29, 1.82) is 0 Å². The first kappa shape index (κ1) is 18.4. The van der Waals surface area contributed by atoms with E-state index in [-0.39, 0.29) is 46.8 Å². The van der Waals surface area contributed by atoms with Gasteiger partial charge in [-0.2, -0.15) is 18.2 Å². The van der Waals surface area contributed by atoms with Gasteiger partial charge in [0, 0.05) is 18.0 Å². The zero-order chi connectivity index (χ0) is 19.8. The van der Waals surface area contributed by atoms with Crippen LogP contribution in [-0.4, -0.2) is 29.7 Å². The van der Waals surface area contributed by atoms with Crippen LogP contribution in [0.1, 0.15) is 55.8 Å². The van der Waals surface area contributed by atoms with E-state index in [4.69, 9.17) is 9.66 Å². The summed E-state index contributed by atoms with van der Waals surface area (Å²) in [6, 6.07) is 2.90. The highest BCUT2D eigenvalue weighted by Gasteiger charge is 2.69. The number of nitrogens with zero attached hydrogens (tertiary/aromatic N) is 3. The Morgan fingerprint density at radius 1 is 1.22 bits per heavy atom. The lowest BCUT2D eigenvalue weighted by Gasteiger charge is -2.13. The third kappa shape index (κ3) is 2.75. The number of hydrogen-bond donors (Lipinski definition) is 1. The molecule has 0 unspecified atom stereocenters. The average molecular weight is 402 g/mol. The molecule has 11 heteroatoms. The summed E-state index contributed by atoms with van der Waals surface area (Å²) in [5.74, 6) is -0.521. The van der Waals surface area contributed by atoms with Crippen LogP contribution in [-0.2, 0) is 15.4 Å². The zero-order valence-corrected chi connectivity index (χ0v) is 15.3. The van der Waals surface area contributed by atoms with E-state index in [1.165, 1.54) is 12.3 Å². The Kier molecular flexibility index (Phi) is 3.59. The van der Waals surface area contributed by atoms with Crippen molar-refractivity contribution in [3.8, 4) is 0 Å². The minimum atomic E-state index is -4.41. The summed E-state index contributed by atoms with van der Waals surface area (Å²) >= 11 is 0. The maximum absolute atomic E-state index is 13.2. The Balaban J connectivity index is 1.61. The summed E-state index contributed by atoms with van der Waals surface area (Å²) in [5.41, 5.74) is -1.60. The van der Waals surface area contributed by atoms with E-state index in [9.17, 15) is 21.6 Å². The average Bonchev–Trinajstić information content (AvgIpc) is 3.40. The van der Waals surface area contributed by atoms with Gasteiger partial charge in [-0.25, -0.2) is 18.5 Å². The number of primary sulfonamides is 1. The van der Waals surface area contributed by atoms with Crippen LogP contribution >= 0.6 is 0 Å². The van der Waals surface area contributed by atoms with Crippen molar-refractivity contribution >= 4 is 10.0 Å². The predicted octanol–water partition coefficient (Wildman–Crippen LogP) is 2.61. The molecule has 2 aromatic rings. The van der Waals surface area contributed by atoms with Crippen LogP contribution in [0.15, 0.2) is 27.9 Å². The second-order valence-electron chi connectivity index (χ2n) is 7.79. The fourth-order valence-electron chi connectivity index (χ4n) is 3.78. The van der Waals surface area contributed by atoms with Crippen molar-refractivity contribution in [3.05, 3.63) is 35.6 Å². The number of alkyl halides is 3. The van der Waals surface area contributed by atoms with Crippen LogP contribution in [0.2, 0.25) is 0 Å². The number of aromatic nitrogens is 3. The zero-order valence-electron chi connectivity index (χ0n) is 14.5. The predicted molar refractivity (Wildman–Crippen MR) is 86.1 cm³/mol. The van der Waals surface area contributed by atoms with Crippen LogP contribution in [0.25, 0.3) is 0 Å². The van der Waals surface area contributed by atoms with Gasteiger partial charge < -0.3 is 4.52 Å². The fraction of sp³-hybridized carbons (Fsp3) is 0.562. The topological polar surface area (TPSA) is 112 Å². The van der Waals surface area contributed by atoms with Crippen molar-refractivity contribution < 1.29 is 26.1 Å². The van der Waals surface area contributed by atoms with Gasteiger partial charge in [-0.3, -0.25) is 0 Å². The number of rotatable bonds is 4. The van der Waals surface area contributed by atoms with E-state index in [2.05, 4.69) is 15.1 Å². The standard InChI is InChI=1S/C16H17F3N4O3S/c1-14(2)10(8-3-4-9(21-7-8)27(20,24)25)11(14)12-22-13(26-23-12)15(5-6-15)16(17,18)19/h3-4,7,10-11H,5-6H2,1-2H3,(H2,20,24,25)/t10-,11+/m0/s1. The molecule has 0 radical (unpaired) electrons. The monoisotopic (exact) mass is 402 g/mol. The van der Waals surface area contributed by atoms with Gasteiger partial charge >= 0.3 is 6.18 Å². The Morgan fingerprint density at radius 2 is 1.89 bits per heavy atom. The molecule has 4 rings (SSSR count). The summed E-state index contributed by atoms with van der Waals surface area (Å²) in [6.45, 7) is 3.87. The molecule has 2 saturated carbocycles. The van der Waals surface area contributed by atoms with E-state index in [0.29, 0.717) is 0 Å². The summed E-state index contributed by atoms with van der Waals surface area (Å²) in [4.78, 5) is 7.93. The second kappa shape index (κ2) is 5.28. The lowest BCUT2D eigenvalue weighted by atomic mass is 10.1. The largest absolute Gasteiger partial charge is 0.403 e. The summed E-state index contributed by atoms with van der Waals surface area (Å²) in [7, 11) is -3.90. The maximum atomic E-state index is 13.2. The molecule has 2 aliphatic carbocycles. The normalized spacial score (nSPS) is 26.0. The number of pyridine rings is 1. The summed E-state index contributed by atoms with van der Waals surface area (Å²) in [6.07, 6.45) is -3.10. The molecular weight excluding hydrogens is 385 g/mol. The first-order valence-electron chi connectivity index (χ1n) is 8.27. The van der Waals surface area contributed by atoms with Crippen LogP contribution in [0.3, 0.4) is 0 Å². The highest BCUT2D eigenvalue weighted by atomic mass is 32.2. The van der Waals surface area contributed by atoms with Gasteiger partial charge in [0.1, 0.15) is 5.41 Å². The van der Waals surface area contributed by atoms with Crippen LogP contribution in [0.5, 0.6) is 0 Å². The molecule has 146 valence electrons. The quantitative estimate of drug-likeness (QED) is 0.841. The second-order valence-corrected chi connectivity index (χ2v) is 9.30. The van der Waals surface area contributed by atoms with Crippen molar-refractivity contribution in [1.82, 2.24) is 15.1 Å². The van der Waals surface area contributed by atoms with Crippen molar-refractivity contribution in [2.45, 2.75) is 55.1 Å². The van der Waals surface area contributed by atoms with Gasteiger partial charge in [0.25, 0.3) is 10.0 Å². The van der Waals surface area contributed by atoms with Crippen LogP contribution < -0.4 is 5.14 Å². The molecule has 2 heterocycles. The van der Waals surface area contributed by atoms with Crippen molar-refractivity contribution in [3.63, 3.8) is 0 Å². The van der Waals surface area contributed by atoms with Gasteiger partial charge in [0.05, 0.1) is 0 Å². The number of halogens is 3. The summed E-state index contributed by atoms with van der Waals surface area (Å²) in [5, 5.41) is 8.60. The van der Waals surface area contributed by atoms with E-state index < -0.39 is 21.6 Å². The molecule has 0 amide bonds. The van der Waals surface area contributed by atoms with Gasteiger partial charge in [0.15, 0.2) is 10.9 Å². The SMILES string of the molecule is CC1(C)[C@@H](c2ccc(S(N)(=O)=O)nc2)[C@@H]1c1noc(C2(C(F)(F)F)CC2)n1. The molecule has 7 nitrogen and oxygen atoms in total. The van der Waals surface area contributed by atoms with E-state index >= 15 is 0 Å². The van der Waals surface area contributed by atoms with Gasteiger partial charge in [-0.1, -0.05) is 25.1 Å². The van der Waals surface area contributed by atoms with Gasteiger partial charge in [-0.15, -0.1) is 0 Å². The van der Waals surface area contributed by atoms with Gasteiger partial charge in [0.2, 0.25) is 5.89 Å². The molecule has 2 N–H and O–H groups in total. The molecule has 2 fully saturated rings. The molecule has 2 atom stereocenters. The molecule has 0 spiro atoms. The minimum absolute atomic E-state index is 0.0471. The summed E-state index contributed by atoms with van der Waals surface area (Å²) < 4.78 is 67.3. The molecule has 2 aromatic heterocycles. The van der Waals surface area contributed by atoms with Crippen molar-refractivity contribution in [2.75, 3.05) is 0 Å². The highest BCUT2D eigenvalue weighted by molar-refractivity contribution is 7.89. The van der Waals surface area contributed by atoms with E-state index in [0.717, 1.165) is 5.56 Å². The molecule has 0 bridgehead atoms. The van der Waals surface area contributed by atoms with Crippen LogP contribution in [0, 0.1) is 5.41 Å². The van der Waals surface area contributed by atoms with E-state index in [1.807, 2.05) is 13.8 Å². The smallest absolute Gasteiger partial charge is 0.338 e. The first-order chi connectivity index (χ1) is 12.4. The van der Waals surface area contributed by atoms with Gasteiger partial charge in [-0.05, 0) is 29.9 Å². The number of hydrogen-bond acceptors (Lipinski definition) is 6. The molecule has 0 aliphatic heterocycles. The van der Waals surface area contributed by atoms with E-state index in [1.54, 1.807) is 6.07 Å². The fourth-order valence-corrected chi connectivity index (χ4v) is 4.24. The highest BCUT2D eigenvalue weighted by Crippen LogP contribution is 2.69. The third-order valence-electron chi connectivity index (χ3n) is 5.66. The Bertz CT molecular complexity index is 995. The maximum Gasteiger partial charge on any atom is 0.403 e. The molecular formula is C16H17F3N4O3S. The molecule has 27 heavy (non-hydrogen) atoms. The first-order valence-corrected chi connectivity index (χ1v) is 9.82. The lowest BCUT2D eigenvalue weighted by Crippen LogP contribution is -2.29. The lowest BCUT2D eigenvalue weighted by molar-refractivity contribution is -0.166. The Hall–Kier alpha value is -2.01. The number of sulfonamides is 1. The van der Waals surface area contributed by atoms with Crippen molar-refractivity contribution in [2.24, 2.45) is 10.6 Å². The molecule has 2 aliphatic rings. The molecule has 0 saturated heterocycles. The Morgan fingerprint density at radius 3 is 2.37 bits per heavy atom. The third-order valence-corrected chi connectivity index (χ3v) is 6.48. The Labute approximate surface area is 153 Å². The van der Waals surface area contributed by atoms with Crippen LogP contribution in [0.4, 0.5) is 13.2 Å². The molecule has 0 aromatic carbocycles. The number of nitrogens with two attached hydrogens (primary N) is 1. The minimum Gasteiger partial charge on any atom is -0.338 e.